The number of nitrogens with one attached hydrogen (secondary N) is 1. The summed E-state index contributed by atoms with van der Waals surface area (Å²) < 4.78 is 1.68. The van der Waals surface area contributed by atoms with E-state index in [1.165, 1.54) is 24.2 Å². The number of hydrogen-bond donors (Lipinski definition) is 1. The van der Waals surface area contributed by atoms with Crippen molar-refractivity contribution in [2.45, 2.75) is 25.8 Å². The Morgan fingerprint density at radius 2 is 2.25 bits per heavy atom. The zero-order chi connectivity index (χ0) is 14.2. The minimum absolute atomic E-state index is 0.334. The average Bonchev–Trinajstić information content (AvgIpc) is 3.01. The standard InChI is InChI=1S/C14H21N5S/c1-12(15-8-3-4-9-20-2)13-6-5-7-14(10-13)19-11-16-17-18-19/h5-7,10-12,15H,3-4,8-9H2,1-2H3. The summed E-state index contributed by atoms with van der Waals surface area (Å²) in [5.74, 6) is 1.24. The maximum absolute atomic E-state index is 3.92. The maximum Gasteiger partial charge on any atom is 0.143 e. The van der Waals surface area contributed by atoms with E-state index in [1.54, 1.807) is 11.0 Å². The molecule has 5 nitrogen and oxygen atoms in total. The average molecular weight is 291 g/mol. The number of thioether (sulfide) groups is 1. The van der Waals surface area contributed by atoms with Gasteiger partial charge in [-0.1, -0.05) is 12.1 Å². The summed E-state index contributed by atoms with van der Waals surface area (Å²) in [5.41, 5.74) is 2.24. The Hall–Kier alpha value is -1.40. The van der Waals surface area contributed by atoms with Gasteiger partial charge >= 0.3 is 0 Å². The van der Waals surface area contributed by atoms with Gasteiger partial charge < -0.3 is 5.32 Å². The fraction of sp³-hybridized carbons (Fsp3) is 0.500. The molecule has 0 amide bonds. The molecule has 1 aromatic carbocycles. The molecule has 1 unspecified atom stereocenters. The second kappa shape index (κ2) is 8.01. The lowest BCUT2D eigenvalue weighted by molar-refractivity contribution is 0.555. The van der Waals surface area contributed by atoms with Crippen LogP contribution in [0.3, 0.4) is 0 Å². The first-order chi connectivity index (χ1) is 9.81. The van der Waals surface area contributed by atoms with Crippen LogP contribution in [0.1, 0.15) is 31.4 Å². The van der Waals surface area contributed by atoms with Crippen LogP contribution in [0, 0.1) is 0 Å². The van der Waals surface area contributed by atoms with Crippen molar-refractivity contribution >= 4 is 11.8 Å². The van der Waals surface area contributed by atoms with Crippen molar-refractivity contribution in [3.63, 3.8) is 0 Å². The highest BCUT2D eigenvalue weighted by Crippen LogP contribution is 2.16. The maximum atomic E-state index is 3.92. The van der Waals surface area contributed by atoms with Crippen molar-refractivity contribution in [1.82, 2.24) is 25.5 Å². The van der Waals surface area contributed by atoms with E-state index >= 15 is 0 Å². The Morgan fingerprint density at radius 3 is 3.00 bits per heavy atom. The number of unbranched alkanes of at least 4 members (excludes halogenated alkanes) is 1. The Morgan fingerprint density at radius 1 is 1.35 bits per heavy atom. The molecular formula is C14H21N5S. The van der Waals surface area contributed by atoms with E-state index in [4.69, 9.17) is 0 Å². The highest BCUT2D eigenvalue weighted by atomic mass is 32.2. The molecule has 0 spiro atoms. The molecule has 6 heteroatoms. The molecule has 2 rings (SSSR count). The summed E-state index contributed by atoms with van der Waals surface area (Å²) in [6.45, 7) is 3.24. The summed E-state index contributed by atoms with van der Waals surface area (Å²) >= 11 is 1.91. The van der Waals surface area contributed by atoms with Gasteiger partial charge in [-0.15, -0.1) is 5.10 Å². The summed E-state index contributed by atoms with van der Waals surface area (Å²) in [7, 11) is 0. The zero-order valence-corrected chi connectivity index (χ0v) is 12.8. The first-order valence-corrected chi connectivity index (χ1v) is 8.26. The molecule has 0 saturated heterocycles. The first-order valence-electron chi connectivity index (χ1n) is 6.87. The molecule has 1 aromatic heterocycles. The van der Waals surface area contributed by atoms with Gasteiger partial charge in [-0.3, -0.25) is 0 Å². The summed E-state index contributed by atoms with van der Waals surface area (Å²) in [6.07, 6.45) is 6.25. The Bertz CT molecular complexity index is 500. The first kappa shape index (κ1) is 15.0. The number of aromatic nitrogens is 4. The lowest BCUT2D eigenvalue weighted by Gasteiger charge is -2.15. The van der Waals surface area contributed by atoms with Crippen LogP contribution in [0.2, 0.25) is 0 Å². The predicted molar refractivity (Wildman–Crippen MR) is 83.2 cm³/mol. The van der Waals surface area contributed by atoms with Crippen LogP contribution in [0.5, 0.6) is 0 Å². The second-order valence-corrected chi connectivity index (χ2v) is 5.71. The molecule has 0 aliphatic heterocycles. The number of tetrazole rings is 1. The van der Waals surface area contributed by atoms with E-state index in [9.17, 15) is 0 Å². The summed E-state index contributed by atoms with van der Waals surface area (Å²) in [6, 6.07) is 8.63. The normalized spacial score (nSPS) is 12.5. The molecule has 1 heterocycles. The van der Waals surface area contributed by atoms with Crippen LogP contribution >= 0.6 is 11.8 Å². The van der Waals surface area contributed by atoms with Crippen LogP contribution in [-0.2, 0) is 0 Å². The van der Waals surface area contributed by atoms with Crippen LogP contribution in [0.25, 0.3) is 5.69 Å². The molecule has 1 atom stereocenters. The van der Waals surface area contributed by atoms with Gasteiger partial charge in [-0.05, 0) is 66.4 Å². The number of hydrogen-bond acceptors (Lipinski definition) is 5. The largest absolute Gasteiger partial charge is 0.310 e. The third kappa shape index (κ3) is 4.31. The van der Waals surface area contributed by atoms with E-state index in [1.807, 2.05) is 23.9 Å². The molecule has 20 heavy (non-hydrogen) atoms. The molecule has 2 aromatic rings. The van der Waals surface area contributed by atoms with E-state index in [0.717, 1.165) is 12.2 Å². The minimum Gasteiger partial charge on any atom is -0.310 e. The van der Waals surface area contributed by atoms with Gasteiger partial charge in [-0.2, -0.15) is 11.8 Å². The molecule has 1 N–H and O–H groups in total. The van der Waals surface area contributed by atoms with E-state index in [0.29, 0.717) is 6.04 Å². The van der Waals surface area contributed by atoms with Gasteiger partial charge in [0.1, 0.15) is 6.33 Å². The van der Waals surface area contributed by atoms with Crippen LogP contribution in [-0.4, -0.2) is 38.8 Å². The molecule has 0 saturated carbocycles. The molecule has 0 radical (unpaired) electrons. The van der Waals surface area contributed by atoms with Gasteiger partial charge in [0, 0.05) is 6.04 Å². The third-order valence-corrected chi connectivity index (χ3v) is 3.91. The lowest BCUT2D eigenvalue weighted by atomic mass is 10.1. The van der Waals surface area contributed by atoms with E-state index in [2.05, 4.69) is 46.2 Å². The molecule has 108 valence electrons. The van der Waals surface area contributed by atoms with Gasteiger partial charge in [0.25, 0.3) is 0 Å². The molecule has 0 aliphatic carbocycles. The summed E-state index contributed by atoms with van der Waals surface area (Å²) in [5, 5.41) is 14.8. The third-order valence-electron chi connectivity index (χ3n) is 3.21. The van der Waals surface area contributed by atoms with Crippen molar-refractivity contribution in [2.75, 3.05) is 18.6 Å². The Kier molecular flexibility index (Phi) is 6.01. The van der Waals surface area contributed by atoms with Gasteiger partial charge in [0.15, 0.2) is 0 Å². The highest BCUT2D eigenvalue weighted by molar-refractivity contribution is 7.98. The van der Waals surface area contributed by atoms with Crippen molar-refractivity contribution in [3.05, 3.63) is 36.2 Å². The monoisotopic (exact) mass is 291 g/mol. The Balaban J connectivity index is 1.90. The predicted octanol–water partition coefficient (Wildman–Crippen LogP) is 2.46. The number of benzene rings is 1. The topological polar surface area (TPSA) is 55.6 Å². The van der Waals surface area contributed by atoms with Crippen molar-refractivity contribution < 1.29 is 0 Å². The SMILES string of the molecule is CSCCCCNC(C)c1cccc(-n2cnnn2)c1. The van der Waals surface area contributed by atoms with Crippen LogP contribution in [0.4, 0.5) is 0 Å². The quantitative estimate of drug-likeness (QED) is 0.757. The fourth-order valence-corrected chi connectivity index (χ4v) is 2.52. The molecule has 0 aliphatic rings. The molecular weight excluding hydrogens is 270 g/mol. The minimum atomic E-state index is 0.334. The molecule has 0 fully saturated rings. The second-order valence-electron chi connectivity index (χ2n) is 4.73. The summed E-state index contributed by atoms with van der Waals surface area (Å²) in [4.78, 5) is 0. The van der Waals surface area contributed by atoms with Crippen molar-refractivity contribution in [2.24, 2.45) is 0 Å². The van der Waals surface area contributed by atoms with Crippen LogP contribution in [0.15, 0.2) is 30.6 Å². The fourth-order valence-electron chi connectivity index (χ4n) is 2.02. The van der Waals surface area contributed by atoms with Gasteiger partial charge in [-0.25, -0.2) is 4.68 Å². The van der Waals surface area contributed by atoms with E-state index in [-0.39, 0.29) is 0 Å². The van der Waals surface area contributed by atoms with Gasteiger partial charge in [0.2, 0.25) is 0 Å². The zero-order valence-electron chi connectivity index (χ0n) is 12.0. The van der Waals surface area contributed by atoms with E-state index < -0.39 is 0 Å². The highest BCUT2D eigenvalue weighted by Gasteiger charge is 2.06. The Labute approximate surface area is 124 Å². The van der Waals surface area contributed by atoms with Gasteiger partial charge in [0.05, 0.1) is 5.69 Å². The smallest absolute Gasteiger partial charge is 0.143 e. The lowest BCUT2D eigenvalue weighted by Crippen LogP contribution is -2.20. The van der Waals surface area contributed by atoms with Crippen molar-refractivity contribution in [1.29, 1.82) is 0 Å². The van der Waals surface area contributed by atoms with Crippen LogP contribution < -0.4 is 5.32 Å². The number of nitrogens with zero attached hydrogens (tertiary/aromatic N) is 4. The number of rotatable bonds is 8. The molecule has 0 bridgehead atoms. The van der Waals surface area contributed by atoms with Crippen molar-refractivity contribution in [3.8, 4) is 5.69 Å².